The Balaban J connectivity index is 1.35. The first-order valence-electron chi connectivity index (χ1n) is 10.0. The molecule has 1 aromatic rings. The Bertz CT molecular complexity index is 555. The van der Waals surface area contributed by atoms with Crippen LogP contribution in [0, 0.1) is 5.92 Å². The van der Waals surface area contributed by atoms with Gasteiger partial charge >= 0.3 is 0 Å². The van der Waals surface area contributed by atoms with Crippen molar-refractivity contribution < 1.29 is 5.11 Å². The average Bonchev–Trinajstić information content (AvgIpc) is 3.34. The molecule has 6 heteroatoms. The van der Waals surface area contributed by atoms with E-state index >= 15 is 0 Å². The van der Waals surface area contributed by atoms with Gasteiger partial charge in [-0.05, 0) is 57.5 Å². The van der Waals surface area contributed by atoms with Crippen molar-refractivity contribution >= 4 is 11.6 Å². The normalized spacial score (nSPS) is 25.9. The Hall–Kier alpha value is -1.40. The Kier molecular flexibility index (Phi) is 5.36. The lowest BCUT2D eigenvalue weighted by molar-refractivity contribution is 0.249. The van der Waals surface area contributed by atoms with Crippen LogP contribution in [-0.2, 0) is 0 Å². The van der Waals surface area contributed by atoms with Crippen LogP contribution in [-0.4, -0.2) is 71.9 Å². The zero-order valence-electron chi connectivity index (χ0n) is 15.2. The Morgan fingerprint density at radius 3 is 2.44 bits per heavy atom. The molecule has 0 radical (unpaired) electrons. The predicted octanol–water partition coefficient (Wildman–Crippen LogP) is 1.75. The predicted molar refractivity (Wildman–Crippen MR) is 100 cm³/mol. The molecule has 1 aromatic heterocycles. The number of hydrogen-bond acceptors (Lipinski definition) is 6. The molecule has 0 bridgehead atoms. The van der Waals surface area contributed by atoms with Crippen LogP contribution in [0.3, 0.4) is 0 Å². The molecule has 1 N–H and O–H groups in total. The number of piperidine rings is 1. The van der Waals surface area contributed by atoms with Crippen LogP contribution in [0.4, 0.5) is 11.6 Å². The maximum Gasteiger partial charge on any atom is 0.134 e. The second-order valence-corrected chi connectivity index (χ2v) is 7.84. The van der Waals surface area contributed by atoms with Crippen LogP contribution in [0.2, 0.25) is 0 Å². The van der Waals surface area contributed by atoms with Gasteiger partial charge in [0.1, 0.15) is 18.0 Å². The van der Waals surface area contributed by atoms with Gasteiger partial charge in [0.15, 0.2) is 0 Å². The number of anilines is 2. The van der Waals surface area contributed by atoms with Gasteiger partial charge in [-0.3, -0.25) is 0 Å². The van der Waals surface area contributed by atoms with Gasteiger partial charge in [-0.25, -0.2) is 9.97 Å². The molecule has 4 rings (SSSR count). The van der Waals surface area contributed by atoms with E-state index in [0.29, 0.717) is 0 Å². The van der Waals surface area contributed by atoms with Crippen molar-refractivity contribution in [2.24, 2.45) is 5.92 Å². The maximum atomic E-state index is 9.56. The smallest absolute Gasteiger partial charge is 0.134 e. The number of rotatable bonds is 5. The van der Waals surface area contributed by atoms with E-state index in [1.54, 1.807) is 6.33 Å². The lowest BCUT2D eigenvalue weighted by atomic mass is 9.96. The summed E-state index contributed by atoms with van der Waals surface area (Å²) < 4.78 is 0. The molecular weight excluding hydrogens is 314 g/mol. The van der Waals surface area contributed by atoms with E-state index in [1.165, 1.54) is 45.3 Å². The number of nitrogens with zero attached hydrogens (tertiary/aromatic N) is 5. The van der Waals surface area contributed by atoms with Crippen molar-refractivity contribution in [3.63, 3.8) is 0 Å². The summed E-state index contributed by atoms with van der Waals surface area (Å²) >= 11 is 0. The zero-order chi connectivity index (χ0) is 17.1. The number of aliphatic hydroxyl groups is 1. The molecule has 25 heavy (non-hydrogen) atoms. The van der Waals surface area contributed by atoms with Gasteiger partial charge in [0, 0.05) is 32.2 Å². The molecule has 4 heterocycles. The van der Waals surface area contributed by atoms with E-state index in [2.05, 4.69) is 30.7 Å². The summed E-state index contributed by atoms with van der Waals surface area (Å²) in [5.41, 5.74) is 0. The summed E-state index contributed by atoms with van der Waals surface area (Å²) in [5, 5.41) is 9.56. The first-order chi connectivity index (χ1) is 12.3. The lowest BCUT2D eigenvalue weighted by Crippen LogP contribution is -2.38. The molecule has 0 amide bonds. The molecule has 3 fully saturated rings. The third kappa shape index (κ3) is 3.90. The van der Waals surface area contributed by atoms with Crippen LogP contribution in [0.15, 0.2) is 12.4 Å². The van der Waals surface area contributed by atoms with Crippen molar-refractivity contribution in [3.8, 4) is 0 Å². The average molecular weight is 345 g/mol. The Morgan fingerprint density at radius 1 is 0.920 bits per heavy atom. The summed E-state index contributed by atoms with van der Waals surface area (Å²) in [6, 6.07) is 2.34. The first kappa shape index (κ1) is 17.0. The van der Waals surface area contributed by atoms with Gasteiger partial charge in [-0.2, -0.15) is 0 Å². The lowest BCUT2D eigenvalue weighted by Gasteiger charge is -2.35. The van der Waals surface area contributed by atoms with Crippen LogP contribution in [0.25, 0.3) is 0 Å². The molecule has 6 nitrogen and oxygen atoms in total. The molecule has 0 spiro atoms. The number of likely N-dealkylation sites (tertiary alicyclic amines) is 1. The van der Waals surface area contributed by atoms with Crippen LogP contribution < -0.4 is 9.80 Å². The van der Waals surface area contributed by atoms with Crippen molar-refractivity contribution in [3.05, 3.63) is 12.4 Å². The monoisotopic (exact) mass is 345 g/mol. The minimum absolute atomic E-state index is 0.210. The van der Waals surface area contributed by atoms with Gasteiger partial charge in [0.25, 0.3) is 0 Å². The van der Waals surface area contributed by atoms with Crippen molar-refractivity contribution in [1.29, 1.82) is 0 Å². The molecular formula is C19H31N5O. The molecule has 0 saturated carbocycles. The van der Waals surface area contributed by atoms with Crippen LogP contribution >= 0.6 is 0 Å². The summed E-state index contributed by atoms with van der Waals surface area (Å²) in [4.78, 5) is 16.3. The Labute approximate surface area is 150 Å². The highest BCUT2D eigenvalue weighted by molar-refractivity contribution is 5.51. The topological polar surface area (TPSA) is 55.7 Å². The number of aromatic nitrogens is 2. The van der Waals surface area contributed by atoms with E-state index < -0.39 is 0 Å². The largest absolute Gasteiger partial charge is 0.394 e. The molecule has 1 unspecified atom stereocenters. The van der Waals surface area contributed by atoms with Crippen molar-refractivity contribution in [1.82, 2.24) is 14.9 Å². The molecule has 0 aliphatic carbocycles. The number of hydrogen-bond donors (Lipinski definition) is 1. The minimum atomic E-state index is 0.210. The van der Waals surface area contributed by atoms with Gasteiger partial charge in [0.05, 0.1) is 12.6 Å². The van der Waals surface area contributed by atoms with Crippen LogP contribution in [0.5, 0.6) is 0 Å². The summed E-state index contributed by atoms with van der Waals surface area (Å²) in [6.45, 7) is 7.28. The van der Waals surface area contributed by atoms with Crippen LogP contribution in [0.1, 0.15) is 38.5 Å². The molecule has 0 aromatic carbocycles. The first-order valence-corrected chi connectivity index (χ1v) is 10.0. The van der Waals surface area contributed by atoms with Gasteiger partial charge < -0.3 is 19.8 Å². The zero-order valence-corrected chi connectivity index (χ0v) is 15.2. The van der Waals surface area contributed by atoms with Gasteiger partial charge in [-0.1, -0.05) is 0 Å². The molecule has 138 valence electrons. The second kappa shape index (κ2) is 7.87. The SMILES string of the molecule is OCC1CCCN1c1cc(N2CCC(CN3CCCC3)CC2)ncn1. The molecule has 3 saturated heterocycles. The summed E-state index contributed by atoms with van der Waals surface area (Å²) in [6.07, 6.45) is 9.16. The second-order valence-electron chi connectivity index (χ2n) is 7.84. The van der Waals surface area contributed by atoms with Crippen molar-refractivity contribution in [2.75, 3.05) is 55.7 Å². The fraction of sp³-hybridized carbons (Fsp3) is 0.789. The highest BCUT2D eigenvalue weighted by Gasteiger charge is 2.27. The van der Waals surface area contributed by atoms with E-state index in [4.69, 9.17) is 0 Å². The van der Waals surface area contributed by atoms with E-state index in [9.17, 15) is 5.11 Å². The van der Waals surface area contributed by atoms with Gasteiger partial charge in [0.2, 0.25) is 0 Å². The molecule has 3 aliphatic heterocycles. The fourth-order valence-corrected chi connectivity index (χ4v) is 4.67. The van der Waals surface area contributed by atoms with Gasteiger partial charge in [-0.15, -0.1) is 0 Å². The summed E-state index contributed by atoms with van der Waals surface area (Å²) in [7, 11) is 0. The Morgan fingerprint density at radius 2 is 1.68 bits per heavy atom. The highest BCUT2D eigenvalue weighted by Crippen LogP contribution is 2.28. The van der Waals surface area contributed by atoms with E-state index in [1.807, 2.05) is 0 Å². The van der Waals surface area contributed by atoms with E-state index in [-0.39, 0.29) is 12.6 Å². The molecule has 1 atom stereocenters. The van der Waals surface area contributed by atoms with E-state index in [0.717, 1.165) is 50.0 Å². The highest BCUT2D eigenvalue weighted by atomic mass is 16.3. The third-order valence-electron chi connectivity index (χ3n) is 6.17. The third-order valence-corrected chi connectivity index (χ3v) is 6.17. The van der Waals surface area contributed by atoms with Crippen molar-refractivity contribution in [2.45, 2.75) is 44.6 Å². The maximum absolute atomic E-state index is 9.56. The quantitative estimate of drug-likeness (QED) is 0.877. The fourth-order valence-electron chi connectivity index (χ4n) is 4.67. The molecule has 3 aliphatic rings. The number of aliphatic hydroxyl groups excluding tert-OH is 1. The standard InChI is InChI=1S/C19H31N5O/c25-14-17-4-3-9-24(17)19-12-18(20-15-21-19)23-10-5-16(6-11-23)13-22-7-1-2-8-22/h12,15-17,25H,1-11,13-14H2. The minimum Gasteiger partial charge on any atom is -0.394 e. The summed E-state index contributed by atoms with van der Waals surface area (Å²) in [5.74, 6) is 2.86.